The molecule has 0 aliphatic heterocycles. The topological polar surface area (TPSA) is 17.8 Å². The van der Waals surface area contributed by atoms with Gasteiger partial charge in [-0.15, -0.1) is 0 Å². The average molecular weight is 375 g/mol. The minimum atomic E-state index is 0.590. The Labute approximate surface area is 165 Å². The Hall–Kier alpha value is -2.58. The molecule has 0 aliphatic carbocycles. The van der Waals surface area contributed by atoms with Gasteiger partial charge in [-0.2, -0.15) is 0 Å². The molecule has 1 aromatic heterocycles. The zero-order valence-electron chi connectivity index (χ0n) is 15.7. The molecule has 0 spiro atoms. The number of para-hydroxylation sites is 2. The van der Waals surface area contributed by atoms with E-state index in [1.807, 2.05) is 30.3 Å². The van der Waals surface area contributed by atoms with Crippen LogP contribution in [-0.4, -0.2) is 9.55 Å². The van der Waals surface area contributed by atoms with Crippen LogP contribution in [0.2, 0.25) is 5.02 Å². The van der Waals surface area contributed by atoms with Crippen molar-refractivity contribution >= 4 is 22.6 Å². The van der Waals surface area contributed by atoms with Crippen molar-refractivity contribution in [1.29, 1.82) is 0 Å². The number of benzene rings is 3. The Morgan fingerprint density at radius 2 is 1.63 bits per heavy atom. The maximum Gasteiger partial charge on any atom is 0.142 e. The molecule has 1 heterocycles. The van der Waals surface area contributed by atoms with E-state index in [1.54, 1.807) is 0 Å². The smallest absolute Gasteiger partial charge is 0.142 e. The number of nitrogens with zero attached hydrogens (tertiary/aromatic N) is 2. The van der Waals surface area contributed by atoms with Gasteiger partial charge >= 0.3 is 0 Å². The highest BCUT2D eigenvalue weighted by atomic mass is 35.5. The van der Waals surface area contributed by atoms with Crippen molar-refractivity contribution in [3.63, 3.8) is 0 Å². The number of hydrogen-bond donors (Lipinski definition) is 0. The fraction of sp³-hybridized carbons (Fsp3) is 0.208. The quantitative estimate of drug-likeness (QED) is 0.370. The molecule has 0 saturated heterocycles. The van der Waals surface area contributed by atoms with E-state index in [0.717, 1.165) is 40.4 Å². The Balaban J connectivity index is 1.79. The summed E-state index contributed by atoms with van der Waals surface area (Å²) in [5.41, 5.74) is 5.73. The van der Waals surface area contributed by atoms with Crippen LogP contribution in [0.1, 0.15) is 37.3 Å². The maximum absolute atomic E-state index is 6.48. The van der Waals surface area contributed by atoms with Crippen molar-refractivity contribution in [3.05, 3.63) is 88.9 Å². The number of hydrogen-bond acceptors (Lipinski definition) is 1. The molecule has 1 atom stereocenters. The third kappa shape index (κ3) is 3.50. The SMILES string of the molecule is CCC(C)c1ccc(Cn2c(-c3ccccc3Cl)nc3ccccc32)cc1. The fourth-order valence-electron chi connectivity index (χ4n) is 3.45. The average Bonchev–Trinajstić information content (AvgIpc) is 3.06. The zero-order chi connectivity index (χ0) is 18.8. The highest BCUT2D eigenvalue weighted by molar-refractivity contribution is 6.33. The Morgan fingerprint density at radius 3 is 2.37 bits per heavy atom. The molecule has 0 amide bonds. The summed E-state index contributed by atoms with van der Waals surface area (Å²) < 4.78 is 2.26. The molecule has 2 nitrogen and oxygen atoms in total. The summed E-state index contributed by atoms with van der Waals surface area (Å²) in [5.74, 6) is 1.50. The number of aromatic nitrogens is 2. The number of rotatable bonds is 5. The predicted octanol–water partition coefficient (Wildman–Crippen LogP) is 6.92. The molecule has 0 aliphatic rings. The van der Waals surface area contributed by atoms with Gasteiger partial charge in [0, 0.05) is 12.1 Å². The van der Waals surface area contributed by atoms with E-state index in [9.17, 15) is 0 Å². The number of imidazole rings is 1. The van der Waals surface area contributed by atoms with Crippen LogP contribution in [0.25, 0.3) is 22.4 Å². The van der Waals surface area contributed by atoms with Crippen LogP contribution in [0.4, 0.5) is 0 Å². The van der Waals surface area contributed by atoms with Crippen LogP contribution in [-0.2, 0) is 6.54 Å². The lowest BCUT2D eigenvalue weighted by Crippen LogP contribution is -2.03. The van der Waals surface area contributed by atoms with Crippen LogP contribution >= 0.6 is 11.6 Å². The highest BCUT2D eigenvalue weighted by Gasteiger charge is 2.15. The van der Waals surface area contributed by atoms with E-state index in [2.05, 4.69) is 60.9 Å². The monoisotopic (exact) mass is 374 g/mol. The van der Waals surface area contributed by atoms with Crippen molar-refractivity contribution < 1.29 is 0 Å². The van der Waals surface area contributed by atoms with Gasteiger partial charge in [-0.05, 0) is 47.7 Å². The molecular weight excluding hydrogens is 352 g/mol. The van der Waals surface area contributed by atoms with Gasteiger partial charge in [0.1, 0.15) is 5.82 Å². The van der Waals surface area contributed by atoms with E-state index in [4.69, 9.17) is 16.6 Å². The second-order valence-electron chi connectivity index (χ2n) is 7.04. The molecule has 3 aromatic carbocycles. The molecule has 0 bridgehead atoms. The minimum absolute atomic E-state index is 0.590. The third-order valence-corrected chi connectivity index (χ3v) is 5.60. The normalized spacial score (nSPS) is 12.4. The first kappa shape index (κ1) is 17.8. The first-order valence-electron chi connectivity index (χ1n) is 9.46. The van der Waals surface area contributed by atoms with Crippen LogP contribution in [0.3, 0.4) is 0 Å². The molecule has 4 aromatic rings. The van der Waals surface area contributed by atoms with Crippen LogP contribution in [0.5, 0.6) is 0 Å². The summed E-state index contributed by atoms with van der Waals surface area (Å²) in [4.78, 5) is 4.88. The molecule has 0 N–H and O–H groups in total. The van der Waals surface area contributed by atoms with Gasteiger partial charge in [0.2, 0.25) is 0 Å². The second kappa shape index (κ2) is 7.58. The van der Waals surface area contributed by atoms with E-state index in [0.29, 0.717) is 5.92 Å². The van der Waals surface area contributed by atoms with Gasteiger partial charge in [-0.3, -0.25) is 0 Å². The van der Waals surface area contributed by atoms with E-state index >= 15 is 0 Å². The summed E-state index contributed by atoms with van der Waals surface area (Å²) in [5, 5.41) is 0.723. The molecule has 136 valence electrons. The first-order chi connectivity index (χ1) is 13.2. The molecule has 0 radical (unpaired) electrons. The number of fused-ring (bicyclic) bond motifs is 1. The molecular formula is C24H23ClN2. The Kier molecular flexibility index (Phi) is 5.00. The van der Waals surface area contributed by atoms with Crippen LogP contribution < -0.4 is 0 Å². The van der Waals surface area contributed by atoms with Crippen molar-refractivity contribution in [2.24, 2.45) is 0 Å². The second-order valence-corrected chi connectivity index (χ2v) is 7.45. The Bertz CT molecular complexity index is 1060. The molecule has 1 unspecified atom stereocenters. The lowest BCUT2D eigenvalue weighted by atomic mass is 9.97. The maximum atomic E-state index is 6.48. The standard InChI is InChI=1S/C24H23ClN2/c1-3-17(2)19-14-12-18(13-15-19)16-27-23-11-7-6-10-22(23)26-24(27)20-8-4-5-9-21(20)25/h4-15,17H,3,16H2,1-2H3. The molecule has 3 heteroatoms. The predicted molar refractivity (Wildman–Crippen MR) is 114 cm³/mol. The van der Waals surface area contributed by atoms with Crippen LogP contribution in [0, 0.1) is 0 Å². The minimum Gasteiger partial charge on any atom is -0.319 e. The van der Waals surface area contributed by atoms with Crippen molar-refractivity contribution in [1.82, 2.24) is 9.55 Å². The van der Waals surface area contributed by atoms with E-state index in [-0.39, 0.29) is 0 Å². The number of halogens is 1. The van der Waals surface area contributed by atoms with Gasteiger partial charge in [0.15, 0.2) is 0 Å². The van der Waals surface area contributed by atoms with E-state index in [1.165, 1.54) is 11.1 Å². The van der Waals surface area contributed by atoms with Gasteiger partial charge in [-0.1, -0.05) is 74.0 Å². The summed E-state index contributed by atoms with van der Waals surface area (Å²) in [6.45, 7) is 5.27. The largest absolute Gasteiger partial charge is 0.319 e. The molecule has 0 saturated carbocycles. The lowest BCUT2D eigenvalue weighted by molar-refractivity contribution is 0.732. The highest BCUT2D eigenvalue weighted by Crippen LogP contribution is 2.31. The summed E-state index contributed by atoms with van der Waals surface area (Å²) in [7, 11) is 0. The van der Waals surface area contributed by atoms with Crippen molar-refractivity contribution in [2.45, 2.75) is 32.7 Å². The van der Waals surface area contributed by atoms with Crippen molar-refractivity contribution in [3.8, 4) is 11.4 Å². The molecule has 27 heavy (non-hydrogen) atoms. The van der Waals surface area contributed by atoms with Crippen LogP contribution in [0.15, 0.2) is 72.8 Å². The van der Waals surface area contributed by atoms with Gasteiger partial charge < -0.3 is 4.57 Å². The Morgan fingerprint density at radius 1 is 0.926 bits per heavy atom. The van der Waals surface area contributed by atoms with Crippen molar-refractivity contribution in [2.75, 3.05) is 0 Å². The first-order valence-corrected chi connectivity index (χ1v) is 9.84. The summed E-state index contributed by atoms with van der Waals surface area (Å²) >= 11 is 6.48. The lowest BCUT2D eigenvalue weighted by Gasteiger charge is -2.13. The fourth-order valence-corrected chi connectivity index (χ4v) is 3.67. The van der Waals surface area contributed by atoms with Gasteiger partial charge in [0.25, 0.3) is 0 Å². The molecule has 4 rings (SSSR count). The van der Waals surface area contributed by atoms with E-state index < -0.39 is 0 Å². The van der Waals surface area contributed by atoms with Gasteiger partial charge in [-0.25, -0.2) is 4.98 Å². The molecule has 0 fully saturated rings. The summed E-state index contributed by atoms with van der Waals surface area (Å²) in [6.07, 6.45) is 1.15. The third-order valence-electron chi connectivity index (χ3n) is 5.27. The summed E-state index contributed by atoms with van der Waals surface area (Å²) in [6, 6.07) is 25.1. The zero-order valence-corrected chi connectivity index (χ0v) is 16.4. The van der Waals surface area contributed by atoms with Gasteiger partial charge in [0.05, 0.1) is 16.1 Å².